The topological polar surface area (TPSA) is 47.6 Å². The monoisotopic (exact) mass is 473 g/mol. The second-order valence-corrected chi connectivity index (χ2v) is 9.61. The van der Waals surface area contributed by atoms with Crippen LogP contribution in [0.4, 0.5) is 0 Å². The Bertz CT molecular complexity index is 1060. The zero-order valence-electron chi connectivity index (χ0n) is 21.7. The minimum atomic E-state index is -0.120. The number of benzene rings is 3. The minimum Gasteiger partial charge on any atom is -0.496 e. The third kappa shape index (κ3) is 7.11. The Hall–Kier alpha value is -3.27. The van der Waals surface area contributed by atoms with Gasteiger partial charge in [0.2, 0.25) is 5.91 Å². The molecule has 3 rings (SSSR count). The summed E-state index contributed by atoms with van der Waals surface area (Å²) in [5.41, 5.74) is 3.41. The van der Waals surface area contributed by atoms with E-state index in [2.05, 4.69) is 43.4 Å². The fraction of sp³-hybridized carbons (Fsp3) is 0.387. The third-order valence-corrected chi connectivity index (χ3v) is 6.81. The molecule has 186 valence electrons. The number of carbonyl (C=O) groups excluding carboxylic acids is 1. The van der Waals surface area contributed by atoms with Crippen molar-refractivity contribution in [2.75, 3.05) is 13.7 Å². The van der Waals surface area contributed by atoms with Gasteiger partial charge in [-0.2, -0.15) is 0 Å². The first-order valence-corrected chi connectivity index (χ1v) is 12.6. The number of para-hydroxylation sites is 1. The Morgan fingerprint density at radius 2 is 1.60 bits per heavy atom. The number of carbonyl (C=O) groups is 1. The molecule has 0 aromatic heterocycles. The molecule has 0 unspecified atom stereocenters. The summed E-state index contributed by atoms with van der Waals surface area (Å²) < 4.78 is 11.4. The van der Waals surface area contributed by atoms with E-state index in [-0.39, 0.29) is 23.3 Å². The van der Waals surface area contributed by atoms with Gasteiger partial charge in [-0.25, -0.2) is 0 Å². The summed E-state index contributed by atoms with van der Waals surface area (Å²) >= 11 is 0. The molecule has 35 heavy (non-hydrogen) atoms. The molecular weight excluding hydrogens is 434 g/mol. The summed E-state index contributed by atoms with van der Waals surface area (Å²) in [5, 5.41) is 3.18. The summed E-state index contributed by atoms with van der Waals surface area (Å²) in [6.45, 7) is 9.14. The first-order valence-electron chi connectivity index (χ1n) is 12.6. The second kappa shape index (κ2) is 12.4. The van der Waals surface area contributed by atoms with Gasteiger partial charge in [0.05, 0.1) is 13.2 Å². The molecule has 4 heteroatoms. The molecule has 3 aromatic carbocycles. The van der Waals surface area contributed by atoms with Crippen molar-refractivity contribution in [1.29, 1.82) is 0 Å². The lowest BCUT2D eigenvalue weighted by Crippen LogP contribution is -2.32. The Kier molecular flexibility index (Phi) is 9.36. The van der Waals surface area contributed by atoms with E-state index in [1.54, 1.807) is 7.11 Å². The van der Waals surface area contributed by atoms with E-state index in [1.165, 1.54) is 5.56 Å². The lowest BCUT2D eigenvalue weighted by molar-refractivity contribution is -0.121. The molecule has 0 aliphatic carbocycles. The minimum absolute atomic E-state index is 0.0306. The normalized spacial score (nSPS) is 13.7. The Morgan fingerprint density at radius 1 is 0.943 bits per heavy atom. The van der Waals surface area contributed by atoms with Gasteiger partial charge >= 0.3 is 0 Å². The summed E-state index contributed by atoms with van der Waals surface area (Å²) in [7, 11) is 1.67. The standard InChI is InChI=1S/C31H39NO3/c1-6-31(4,25-12-8-7-9-13-25)20-21-32-30(33)22-28(27-14-10-11-15-29(27)34-5)24-16-18-26(19-17-24)35-23(2)3/h7-19,23,28H,6,20-22H2,1-5H3,(H,32,33)/t28-,31+/m1/s1. The Labute approximate surface area is 210 Å². The summed E-state index contributed by atoms with van der Waals surface area (Å²) in [6, 6.07) is 26.5. The van der Waals surface area contributed by atoms with Crippen LogP contribution in [0.15, 0.2) is 78.9 Å². The van der Waals surface area contributed by atoms with Crippen molar-refractivity contribution in [1.82, 2.24) is 5.32 Å². The fourth-order valence-electron chi connectivity index (χ4n) is 4.51. The average Bonchev–Trinajstić information content (AvgIpc) is 2.88. The van der Waals surface area contributed by atoms with E-state index in [0.717, 1.165) is 35.5 Å². The van der Waals surface area contributed by atoms with E-state index in [4.69, 9.17) is 9.47 Å². The van der Waals surface area contributed by atoms with Crippen LogP contribution in [0.1, 0.15) is 69.6 Å². The molecule has 0 saturated carbocycles. The number of ether oxygens (including phenoxy) is 2. The maximum absolute atomic E-state index is 13.1. The van der Waals surface area contributed by atoms with Gasteiger partial charge in [-0.3, -0.25) is 4.79 Å². The van der Waals surface area contributed by atoms with Crippen LogP contribution < -0.4 is 14.8 Å². The number of amides is 1. The zero-order valence-corrected chi connectivity index (χ0v) is 21.7. The molecule has 3 aromatic rings. The molecule has 4 nitrogen and oxygen atoms in total. The lowest BCUT2D eigenvalue weighted by atomic mass is 9.77. The average molecular weight is 474 g/mol. The van der Waals surface area contributed by atoms with Crippen LogP contribution in [0.3, 0.4) is 0 Å². The predicted octanol–water partition coefficient (Wildman–Crippen LogP) is 6.88. The van der Waals surface area contributed by atoms with Crippen molar-refractivity contribution in [3.8, 4) is 11.5 Å². The maximum Gasteiger partial charge on any atom is 0.220 e. The molecule has 1 amide bonds. The molecule has 0 aliphatic heterocycles. The molecule has 2 atom stereocenters. The highest BCUT2D eigenvalue weighted by Gasteiger charge is 2.25. The number of hydrogen-bond acceptors (Lipinski definition) is 3. The Morgan fingerprint density at radius 3 is 2.23 bits per heavy atom. The molecule has 1 N–H and O–H groups in total. The van der Waals surface area contributed by atoms with Crippen LogP contribution >= 0.6 is 0 Å². The van der Waals surface area contributed by atoms with Gasteiger partial charge in [-0.05, 0) is 61.4 Å². The van der Waals surface area contributed by atoms with E-state index >= 15 is 0 Å². The van der Waals surface area contributed by atoms with Crippen LogP contribution in [0.5, 0.6) is 11.5 Å². The lowest BCUT2D eigenvalue weighted by Gasteiger charge is -2.29. The summed E-state index contributed by atoms with van der Waals surface area (Å²) in [5.74, 6) is 1.53. The molecule has 0 bridgehead atoms. The largest absolute Gasteiger partial charge is 0.496 e. The fourth-order valence-corrected chi connectivity index (χ4v) is 4.51. The number of nitrogens with one attached hydrogen (secondary N) is 1. The number of rotatable bonds is 12. The van der Waals surface area contributed by atoms with Gasteiger partial charge in [0, 0.05) is 24.4 Å². The maximum atomic E-state index is 13.1. The van der Waals surface area contributed by atoms with Crippen LogP contribution in [-0.4, -0.2) is 25.7 Å². The summed E-state index contributed by atoms with van der Waals surface area (Å²) in [4.78, 5) is 13.1. The summed E-state index contributed by atoms with van der Waals surface area (Å²) in [6.07, 6.45) is 2.36. The molecule has 0 saturated heterocycles. The van der Waals surface area contributed by atoms with Gasteiger partial charge < -0.3 is 14.8 Å². The molecular formula is C31H39NO3. The highest BCUT2D eigenvalue weighted by molar-refractivity contribution is 5.77. The van der Waals surface area contributed by atoms with Gasteiger partial charge in [0.1, 0.15) is 11.5 Å². The second-order valence-electron chi connectivity index (χ2n) is 9.61. The number of hydrogen-bond donors (Lipinski definition) is 1. The van der Waals surface area contributed by atoms with E-state index in [0.29, 0.717) is 13.0 Å². The SMILES string of the molecule is CC[C@@](C)(CCNC(=O)C[C@H](c1ccc(OC(C)C)cc1)c1ccccc1OC)c1ccccc1. The van der Waals surface area contributed by atoms with E-state index in [9.17, 15) is 4.79 Å². The van der Waals surface area contributed by atoms with Crippen molar-refractivity contribution < 1.29 is 14.3 Å². The quantitative estimate of drug-likeness (QED) is 0.312. The third-order valence-electron chi connectivity index (χ3n) is 6.81. The first-order chi connectivity index (χ1) is 16.9. The van der Waals surface area contributed by atoms with Crippen LogP contribution in [-0.2, 0) is 10.2 Å². The van der Waals surface area contributed by atoms with Crippen molar-refractivity contribution >= 4 is 5.91 Å². The Balaban J connectivity index is 1.74. The van der Waals surface area contributed by atoms with Crippen molar-refractivity contribution in [2.45, 2.75) is 64.4 Å². The van der Waals surface area contributed by atoms with E-state index < -0.39 is 0 Å². The highest BCUT2D eigenvalue weighted by atomic mass is 16.5. The zero-order chi connectivity index (χ0) is 25.3. The van der Waals surface area contributed by atoms with E-state index in [1.807, 2.05) is 68.4 Å². The van der Waals surface area contributed by atoms with Crippen LogP contribution in [0.2, 0.25) is 0 Å². The first kappa shape index (κ1) is 26.3. The van der Waals surface area contributed by atoms with Crippen molar-refractivity contribution in [3.63, 3.8) is 0 Å². The number of methoxy groups -OCH3 is 1. The van der Waals surface area contributed by atoms with Gasteiger partial charge in [-0.15, -0.1) is 0 Å². The smallest absolute Gasteiger partial charge is 0.220 e. The van der Waals surface area contributed by atoms with Gasteiger partial charge in [0.25, 0.3) is 0 Å². The van der Waals surface area contributed by atoms with Crippen molar-refractivity contribution in [3.05, 3.63) is 95.6 Å². The van der Waals surface area contributed by atoms with Gasteiger partial charge in [-0.1, -0.05) is 74.5 Å². The van der Waals surface area contributed by atoms with Gasteiger partial charge in [0.15, 0.2) is 0 Å². The molecule has 0 heterocycles. The molecule has 0 spiro atoms. The van der Waals surface area contributed by atoms with Crippen LogP contribution in [0, 0.1) is 0 Å². The highest BCUT2D eigenvalue weighted by Crippen LogP contribution is 2.35. The molecule has 0 fully saturated rings. The molecule has 0 aliphatic rings. The predicted molar refractivity (Wildman–Crippen MR) is 143 cm³/mol. The molecule has 0 radical (unpaired) electrons. The van der Waals surface area contributed by atoms with Crippen molar-refractivity contribution in [2.24, 2.45) is 0 Å². The van der Waals surface area contributed by atoms with Crippen LogP contribution in [0.25, 0.3) is 0 Å².